The maximum Gasteiger partial charge on any atom is 0.239 e. The Morgan fingerprint density at radius 3 is 2.33 bits per heavy atom. The highest BCUT2D eigenvalue weighted by molar-refractivity contribution is 5.85. The van der Waals surface area contributed by atoms with Crippen LogP contribution < -0.4 is 16.4 Å². The molecule has 0 radical (unpaired) electrons. The van der Waals surface area contributed by atoms with Gasteiger partial charge < -0.3 is 16.4 Å². The highest BCUT2D eigenvalue weighted by Gasteiger charge is 2.18. The molecule has 5 nitrogen and oxygen atoms in total. The lowest BCUT2D eigenvalue weighted by atomic mass is 10.1. The van der Waals surface area contributed by atoms with Gasteiger partial charge in [-0.15, -0.1) is 0 Å². The summed E-state index contributed by atoms with van der Waals surface area (Å²) >= 11 is 0. The summed E-state index contributed by atoms with van der Waals surface area (Å²) in [4.78, 5) is 23.4. The third kappa shape index (κ3) is 6.90. The van der Waals surface area contributed by atoms with E-state index in [-0.39, 0.29) is 18.4 Å². The van der Waals surface area contributed by atoms with Crippen LogP contribution in [-0.4, -0.2) is 30.4 Å². The molecule has 0 spiro atoms. The Labute approximate surface area is 126 Å². The van der Waals surface area contributed by atoms with Crippen LogP contribution in [0.1, 0.15) is 31.4 Å². The summed E-state index contributed by atoms with van der Waals surface area (Å²) in [6, 6.07) is 8.07. The minimum atomic E-state index is -0.455. The second kappa shape index (κ2) is 7.78. The van der Waals surface area contributed by atoms with Crippen molar-refractivity contribution in [1.82, 2.24) is 10.6 Å². The van der Waals surface area contributed by atoms with Crippen LogP contribution in [0.25, 0.3) is 0 Å². The van der Waals surface area contributed by atoms with Gasteiger partial charge in [-0.3, -0.25) is 9.59 Å². The molecule has 4 N–H and O–H groups in total. The number of carbonyl (C=O) groups excluding carboxylic acids is 2. The summed E-state index contributed by atoms with van der Waals surface area (Å²) in [6.45, 7) is 6.03. The van der Waals surface area contributed by atoms with Gasteiger partial charge in [-0.1, -0.05) is 29.8 Å². The fraction of sp³-hybridized carbons (Fsp3) is 0.500. The summed E-state index contributed by atoms with van der Waals surface area (Å²) in [7, 11) is 0. The minimum absolute atomic E-state index is 0.0177. The third-order valence-electron chi connectivity index (χ3n) is 3.20. The van der Waals surface area contributed by atoms with E-state index in [9.17, 15) is 9.59 Å². The Balaban J connectivity index is 2.28. The van der Waals surface area contributed by atoms with Crippen molar-refractivity contribution in [2.75, 3.05) is 13.1 Å². The summed E-state index contributed by atoms with van der Waals surface area (Å²) < 4.78 is 0. The van der Waals surface area contributed by atoms with Crippen LogP contribution in [0.2, 0.25) is 0 Å². The van der Waals surface area contributed by atoms with Crippen molar-refractivity contribution in [3.05, 3.63) is 35.4 Å². The molecule has 0 aliphatic rings. The van der Waals surface area contributed by atoms with E-state index in [4.69, 9.17) is 5.73 Å². The first kappa shape index (κ1) is 17.2. The smallest absolute Gasteiger partial charge is 0.239 e. The molecule has 0 fully saturated rings. The summed E-state index contributed by atoms with van der Waals surface area (Å²) in [6.07, 6.45) is 1.04. The van der Waals surface area contributed by atoms with E-state index in [1.165, 1.54) is 5.56 Å². The molecule has 0 saturated carbocycles. The van der Waals surface area contributed by atoms with Crippen molar-refractivity contribution in [3.63, 3.8) is 0 Å². The Morgan fingerprint density at radius 1 is 1.14 bits per heavy atom. The standard InChI is InChI=1S/C16H25N3O2/c1-12-4-6-13(7-5-12)8-9-14(20)18-10-15(21)19-16(2,3)11-17/h4-7H,8-11,17H2,1-3H3,(H,18,20)(H,19,21). The van der Waals surface area contributed by atoms with E-state index < -0.39 is 5.54 Å². The third-order valence-corrected chi connectivity index (χ3v) is 3.20. The molecule has 0 bridgehead atoms. The molecule has 21 heavy (non-hydrogen) atoms. The number of benzene rings is 1. The lowest BCUT2D eigenvalue weighted by Gasteiger charge is -2.24. The van der Waals surface area contributed by atoms with Gasteiger partial charge in [0.25, 0.3) is 0 Å². The first-order valence-electron chi connectivity index (χ1n) is 7.16. The van der Waals surface area contributed by atoms with Gasteiger partial charge in [-0.2, -0.15) is 0 Å². The quantitative estimate of drug-likeness (QED) is 0.698. The zero-order chi connectivity index (χ0) is 15.9. The predicted molar refractivity (Wildman–Crippen MR) is 83.8 cm³/mol. The number of nitrogens with one attached hydrogen (secondary N) is 2. The molecule has 116 valence electrons. The van der Waals surface area contributed by atoms with Gasteiger partial charge in [0, 0.05) is 18.5 Å². The van der Waals surface area contributed by atoms with E-state index in [1.54, 1.807) is 0 Å². The summed E-state index contributed by atoms with van der Waals surface area (Å²) in [5.41, 5.74) is 7.39. The largest absolute Gasteiger partial charge is 0.348 e. The Kier molecular flexibility index (Phi) is 6.37. The molecule has 0 aromatic heterocycles. The van der Waals surface area contributed by atoms with Crippen LogP contribution in [0.15, 0.2) is 24.3 Å². The van der Waals surface area contributed by atoms with Gasteiger partial charge in [-0.25, -0.2) is 0 Å². The Bertz CT molecular complexity index is 481. The SMILES string of the molecule is Cc1ccc(CCC(=O)NCC(=O)NC(C)(C)CN)cc1. The first-order valence-corrected chi connectivity index (χ1v) is 7.16. The second-order valence-corrected chi connectivity index (χ2v) is 5.90. The molecule has 5 heteroatoms. The molecule has 0 unspecified atom stereocenters. The van der Waals surface area contributed by atoms with Crippen LogP contribution in [0.5, 0.6) is 0 Å². The molecular formula is C16H25N3O2. The van der Waals surface area contributed by atoms with Gasteiger partial charge in [0.2, 0.25) is 11.8 Å². The van der Waals surface area contributed by atoms with Crippen molar-refractivity contribution >= 4 is 11.8 Å². The number of carbonyl (C=O) groups is 2. The number of hydrogen-bond acceptors (Lipinski definition) is 3. The van der Waals surface area contributed by atoms with E-state index >= 15 is 0 Å². The van der Waals surface area contributed by atoms with Crippen molar-refractivity contribution in [2.45, 2.75) is 39.2 Å². The predicted octanol–water partition coefficient (Wildman–Crippen LogP) is 0.897. The highest BCUT2D eigenvalue weighted by Crippen LogP contribution is 2.05. The average Bonchev–Trinajstić information content (AvgIpc) is 2.44. The van der Waals surface area contributed by atoms with Gasteiger partial charge >= 0.3 is 0 Å². The lowest BCUT2D eigenvalue weighted by Crippen LogP contribution is -2.51. The number of rotatable bonds is 7. The molecule has 1 aromatic rings. The maximum atomic E-state index is 11.7. The van der Waals surface area contributed by atoms with Gasteiger partial charge in [-0.05, 0) is 32.8 Å². The fourth-order valence-corrected chi connectivity index (χ4v) is 1.75. The monoisotopic (exact) mass is 291 g/mol. The van der Waals surface area contributed by atoms with E-state index in [0.29, 0.717) is 19.4 Å². The van der Waals surface area contributed by atoms with Crippen molar-refractivity contribution < 1.29 is 9.59 Å². The van der Waals surface area contributed by atoms with E-state index in [2.05, 4.69) is 10.6 Å². The highest BCUT2D eigenvalue weighted by atomic mass is 16.2. The van der Waals surface area contributed by atoms with Gasteiger partial charge in [0.05, 0.1) is 6.54 Å². The number of aryl methyl sites for hydroxylation is 2. The Morgan fingerprint density at radius 2 is 1.76 bits per heavy atom. The number of nitrogens with two attached hydrogens (primary N) is 1. The van der Waals surface area contributed by atoms with E-state index in [0.717, 1.165) is 5.56 Å². The molecule has 0 atom stereocenters. The number of hydrogen-bond donors (Lipinski definition) is 3. The van der Waals surface area contributed by atoms with Crippen LogP contribution in [0, 0.1) is 6.92 Å². The molecule has 0 aliphatic heterocycles. The van der Waals surface area contributed by atoms with Crippen LogP contribution >= 0.6 is 0 Å². The van der Waals surface area contributed by atoms with Crippen molar-refractivity contribution in [3.8, 4) is 0 Å². The average molecular weight is 291 g/mol. The molecule has 0 heterocycles. The van der Waals surface area contributed by atoms with Crippen LogP contribution in [0.3, 0.4) is 0 Å². The molecule has 1 rings (SSSR count). The topological polar surface area (TPSA) is 84.2 Å². The lowest BCUT2D eigenvalue weighted by molar-refractivity contribution is -0.126. The normalized spacial score (nSPS) is 11.0. The molecule has 1 aromatic carbocycles. The van der Waals surface area contributed by atoms with Crippen molar-refractivity contribution in [1.29, 1.82) is 0 Å². The van der Waals surface area contributed by atoms with E-state index in [1.807, 2.05) is 45.0 Å². The zero-order valence-electron chi connectivity index (χ0n) is 13.0. The minimum Gasteiger partial charge on any atom is -0.348 e. The fourth-order valence-electron chi connectivity index (χ4n) is 1.75. The molecule has 0 aliphatic carbocycles. The van der Waals surface area contributed by atoms with Crippen LogP contribution in [-0.2, 0) is 16.0 Å². The molecule has 2 amide bonds. The number of amides is 2. The van der Waals surface area contributed by atoms with Gasteiger partial charge in [0.15, 0.2) is 0 Å². The summed E-state index contributed by atoms with van der Waals surface area (Å²) in [5, 5.41) is 5.38. The molecule has 0 saturated heterocycles. The summed E-state index contributed by atoms with van der Waals surface area (Å²) in [5.74, 6) is -0.356. The van der Waals surface area contributed by atoms with Gasteiger partial charge in [0.1, 0.15) is 0 Å². The maximum absolute atomic E-state index is 11.7. The Hall–Kier alpha value is -1.88. The first-order chi connectivity index (χ1) is 9.82. The molecular weight excluding hydrogens is 266 g/mol. The van der Waals surface area contributed by atoms with Crippen molar-refractivity contribution in [2.24, 2.45) is 5.73 Å². The zero-order valence-corrected chi connectivity index (χ0v) is 13.0. The second-order valence-electron chi connectivity index (χ2n) is 5.90. The van der Waals surface area contributed by atoms with Crippen LogP contribution in [0.4, 0.5) is 0 Å².